The zero-order valence-corrected chi connectivity index (χ0v) is 13.7. The van der Waals surface area contributed by atoms with E-state index >= 15 is 0 Å². The number of hydrogen-bond donors (Lipinski definition) is 1. The number of benzene rings is 1. The van der Waals surface area contributed by atoms with Crippen LogP contribution in [0.3, 0.4) is 0 Å². The number of methoxy groups -OCH3 is 2. The lowest BCUT2D eigenvalue weighted by Crippen LogP contribution is -2.31. The van der Waals surface area contributed by atoms with Crippen molar-refractivity contribution in [3.8, 4) is 0 Å². The van der Waals surface area contributed by atoms with E-state index in [1.54, 1.807) is 20.3 Å². The fourth-order valence-corrected chi connectivity index (χ4v) is 2.46. The minimum absolute atomic E-state index is 0.536. The van der Waals surface area contributed by atoms with Crippen molar-refractivity contribution >= 4 is 11.6 Å². The molecule has 0 amide bonds. The van der Waals surface area contributed by atoms with Crippen LogP contribution < -0.4 is 0 Å². The monoisotopic (exact) mass is 315 g/mol. The standard InChI is InChI=1S/C16H26ClNO3/c1-20-12-5-9-18(11-13-21-2)10-8-16(19)14-6-3-4-7-15(14)17/h3-4,6-7,16,19H,5,8-13H2,1-2H3. The average Bonchev–Trinajstić information content (AvgIpc) is 2.49. The van der Waals surface area contributed by atoms with Gasteiger partial charge in [-0.2, -0.15) is 0 Å². The highest BCUT2D eigenvalue weighted by atomic mass is 35.5. The predicted octanol–water partition coefficient (Wildman–Crippen LogP) is 2.75. The van der Waals surface area contributed by atoms with Crippen LogP contribution in [0.5, 0.6) is 0 Å². The van der Waals surface area contributed by atoms with E-state index in [1.807, 2.05) is 18.2 Å². The second-order valence-corrected chi connectivity index (χ2v) is 5.41. The highest BCUT2D eigenvalue weighted by Crippen LogP contribution is 2.24. The maximum Gasteiger partial charge on any atom is 0.0816 e. The van der Waals surface area contributed by atoms with E-state index in [0.29, 0.717) is 18.1 Å². The van der Waals surface area contributed by atoms with Crippen molar-refractivity contribution in [3.63, 3.8) is 0 Å². The number of aliphatic hydroxyl groups is 1. The van der Waals surface area contributed by atoms with Crippen LogP contribution in [-0.2, 0) is 9.47 Å². The molecule has 1 aromatic rings. The zero-order chi connectivity index (χ0) is 15.5. The van der Waals surface area contributed by atoms with Gasteiger partial charge in [-0.05, 0) is 24.5 Å². The Morgan fingerprint density at radius 1 is 1.10 bits per heavy atom. The molecule has 0 aliphatic rings. The Kier molecular flexibility index (Phi) is 9.63. The molecule has 1 N–H and O–H groups in total. The van der Waals surface area contributed by atoms with Crippen LogP contribution in [0.2, 0.25) is 5.02 Å². The van der Waals surface area contributed by atoms with Gasteiger partial charge in [-0.15, -0.1) is 0 Å². The number of aliphatic hydroxyl groups excluding tert-OH is 1. The highest BCUT2D eigenvalue weighted by Gasteiger charge is 2.13. The first kappa shape index (κ1) is 18.4. The van der Waals surface area contributed by atoms with Crippen molar-refractivity contribution < 1.29 is 14.6 Å². The van der Waals surface area contributed by atoms with Crippen LogP contribution in [0.15, 0.2) is 24.3 Å². The van der Waals surface area contributed by atoms with Crippen molar-refractivity contribution in [1.29, 1.82) is 0 Å². The first-order chi connectivity index (χ1) is 10.2. The Bertz CT molecular complexity index is 390. The molecule has 1 atom stereocenters. The molecule has 5 heteroatoms. The normalized spacial score (nSPS) is 12.8. The maximum absolute atomic E-state index is 10.3. The summed E-state index contributed by atoms with van der Waals surface area (Å²) in [6.07, 6.45) is 1.09. The maximum atomic E-state index is 10.3. The molecule has 0 bridgehead atoms. The fraction of sp³-hybridized carbons (Fsp3) is 0.625. The Balaban J connectivity index is 2.45. The van der Waals surface area contributed by atoms with Crippen LogP contribution in [-0.4, -0.2) is 57.1 Å². The Morgan fingerprint density at radius 2 is 1.81 bits per heavy atom. The number of rotatable bonds is 11. The lowest BCUT2D eigenvalue weighted by Gasteiger charge is -2.23. The molecule has 0 heterocycles. The zero-order valence-electron chi connectivity index (χ0n) is 12.9. The third-order valence-corrected chi connectivity index (χ3v) is 3.76. The lowest BCUT2D eigenvalue weighted by atomic mass is 10.1. The molecule has 0 saturated heterocycles. The molecule has 1 unspecified atom stereocenters. The topological polar surface area (TPSA) is 41.9 Å². The molecular weight excluding hydrogens is 290 g/mol. The van der Waals surface area contributed by atoms with Gasteiger partial charge in [0, 0.05) is 45.5 Å². The second-order valence-electron chi connectivity index (χ2n) is 5.01. The van der Waals surface area contributed by atoms with Crippen molar-refractivity contribution in [2.45, 2.75) is 18.9 Å². The van der Waals surface area contributed by atoms with Crippen LogP contribution >= 0.6 is 11.6 Å². The molecule has 120 valence electrons. The van der Waals surface area contributed by atoms with E-state index in [-0.39, 0.29) is 0 Å². The summed E-state index contributed by atoms with van der Waals surface area (Å²) >= 11 is 6.11. The van der Waals surface area contributed by atoms with Gasteiger partial charge in [-0.3, -0.25) is 0 Å². The minimum Gasteiger partial charge on any atom is -0.388 e. The molecule has 4 nitrogen and oxygen atoms in total. The second kappa shape index (κ2) is 11.0. The van der Waals surface area contributed by atoms with Gasteiger partial charge in [0.2, 0.25) is 0 Å². The Morgan fingerprint density at radius 3 is 2.48 bits per heavy atom. The fourth-order valence-electron chi connectivity index (χ4n) is 2.19. The van der Waals surface area contributed by atoms with Crippen molar-refractivity contribution in [2.75, 3.05) is 47.1 Å². The molecule has 0 fully saturated rings. The van der Waals surface area contributed by atoms with Gasteiger partial charge in [0.1, 0.15) is 0 Å². The molecule has 21 heavy (non-hydrogen) atoms. The molecule has 0 saturated carbocycles. The first-order valence-electron chi connectivity index (χ1n) is 7.31. The van der Waals surface area contributed by atoms with E-state index in [2.05, 4.69) is 4.90 Å². The lowest BCUT2D eigenvalue weighted by molar-refractivity contribution is 0.109. The summed E-state index contributed by atoms with van der Waals surface area (Å²) in [7, 11) is 3.41. The Hall–Kier alpha value is -0.650. The van der Waals surface area contributed by atoms with Gasteiger partial charge in [0.05, 0.1) is 12.7 Å². The molecule has 0 radical (unpaired) electrons. The summed E-state index contributed by atoms with van der Waals surface area (Å²) in [5.41, 5.74) is 0.794. The summed E-state index contributed by atoms with van der Waals surface area (Å²) < 4.78 is 10.2. The molecule has 0 aliphatic carbocycles. The molecule has 0 spiro atoms. The van der Waals surface area contributed by atoms with Crippen molar-refractivity contribution in [2.24, 2.45) is 0 Å². The number of hydrogen-bond acceptors (Lipinski definition) is 4. The van der Waals surface area contributed by atoms with Gasteiger partial charge < -0.3 is 19.5 Å². The average molecular weight is 316 g/mol. The quantitative estimate of drug-likeness (QED) is 0.638. The van der Waals surface area contributed by atoms with E-state index in [0.717, 1.165) is 38.2 Å². The smallest absolute Gasteiger partial charge is 0.0816 e. The van der Waals surface area contributed by atoms with Gasteiger partial charge in [0.25, 0.3) is 0 Å². The van der Waals surface area contributed by atoms with E-state index in [1.165, 1.54) is 0 Å². The van der Waals surface area contributed by atoms with Gasteiger partial charge in [-0.1, -0.05) is 29.8 Å². The SMILES string of the molecule is COCCCN(CCOC)CCC(O)c1ccccc1Cl. The molecule has 1 rings (SSSR count). The van der Waals surface area contributed by atoms with E-state index in [4.69, 9.17) is 21.1 Å². The largest absolute Gasteiger partial charge is 0.388 e. The number of nitrogens with zero attached hydrogens (tertiary/aromatic N) is 1. The first-order valence-corrected chi connectivity index (χ1v) is 7.69. The van der Waals surface area contributed by atoms with Gasteiger partial charge >= 0.3 is 0 Å². The van der Waals surface area contributed by atoms with E-state index in [9.17, 15) is 5.11 Å². The summed E-state index contributed by atoms with van der Waals surface area (Å²) in [5.74, 6) is 0. The minimum atomic E-state index is -0.536. The van der Waals surface area contributed by atoms with Crippen molar-refractivity contribution in [3.05, 3.63) is 34.9 Å². The third kappa shape index (κ3) is 7.25. The van der Waals surface area contributed by atoms with Crippen molar-refractivity contribution in [1.82, 2.24) is 4.90 Å². The summed E-state index contributed by atoms with van der Waals surface area (Å²) in [6, 6.07) is 7.44. The Labute approximate surface area is 132 Å². The van der Waals surface area contributed by atoms with Crippen LogP contribution in [0, 0.1) is 0 Å². The predicted molar refractivity (Wildman–Crippen MR) is 85.8 cm³/mol. The van der Waals surface area contributed by atoms with E-state index < -0.39 is 6.10 Å². The molecular formula is C16H26ClNO3. The molecule has 0 aliphatic heterocycles. The molecule has 1 aromatic carbocycles. The number of ether oxygens (including phenoxy) is 2. The van der Waals surface area contributed by atoms with Crippen LogP contribution in [0.1, 0.15) is 24.5 Å². The summed E-state index contributed by atoms with van der Waals surface area (Å²) in [6.45, 7) is 4.03. The molecule has 0 aromatic heterocycles. The summed E-state index contributed by atoms with van der Waals surface area (Å²) in [5, 5.41) is 10.9. The van der Waals surface area contributed by atoms with Crippen LogP contribution in [0.25, 0.3) is 0 Å². The van der Waals surface area contributed by atoms with Gasteiger partial charge in [-0.25, -0.2) is 0 Å². The third-order valence-electron chi connectivity index (χ3n) is 3.42. The van der Waals surface area contributed by atoms with Gasteiger partial charge in [0.15, 0.2) is 0 Å². The summed E-state index contributed by atoms with van der Waals surface area (Å²) in [4.78, 5) is 2.28. The number of halogens is 1. The van der Waals surface area contributed by atoms with Crippen LogP contribution in [0.4, 0.5) is 0 Å². The highest BCUT2D eigenvalue weighted by molar-refractivity contribution is 6.31.